The molecule has 0 spiro atoms. The predicted octanol–water partition coefficient (Wildman–Crippen LogP) is 10.5. The van der Waals surface area contributed by atoms with Crippen molar-refractivity contribution in [2.45, 2.75) is 19.3 Å². The normalized spacial score (nSPS) is 13.3. The second-order valence-electron chi connectivity index (χ2n) is 11.6. The Bertz CT molecular complexity index is 2080. The molecule has 1 N–H and O–H groups in total. The highest BCUT2D eigenvalue weighted by Gasteiger charge is 2.40. The van der Waals surface area contributed by atoms with Gasteiger partial charge in [0.15, 0.2) is 0 Å². The minimum atomic E-state index is -0.103. The zero-order chi connectivity index (χ0) is 27.6. The summed E-state index contributed by atoms with van der Waals surface area (Å²) in [5.41, 5.74) is 12.4. The first-order valence-corrected chi connectivity index (χ1v) is 14.3. The first-order chi connectivity index (χ1) is 20.1. The van der Waals surface area contributed by atoms with Crippen molar-refractivity contribution < 1.29 is 0 Å². The summed E-state index contributed by atoms with van der Waals surface area (Å²) < 4.78 is 2.49. The number of para-hydroxylation sites is 2. The van der Waals surface area contributed by atoms with E-state index in [1.807, 2.05) is 18.2 Å². The van der Waals surface area contributed by atoms with Crippen molar-refractivity contribution in [3.05, 3.63) is 151 Å². The summed E-state index contributed by atoms with van der Waals surface area (Å²) in [6.45, 7) is 4.75. The van der Waals surface area contributed by atoms with E-state index in [1.54, 1.807) is 0 Å². The van der Waals surface area contributed by atoms with Crippen LogP contribution >= 0.6 is 0 Å². The van der Waals surface area contributed by atoms with E-state index in [0.29, 0.717) is 0 Å². The standard InChI is InChI=1S/C39H30N2/c1-39(2)35-23-19-29(27-16-20-31(21-17-27)40-30-12-4-3-5-13-30)25-34(35)38-37(39)33-14-8-9-15-36(33)41(38)32-22-18-26-10-6-7-11-28(26)24-32/h3-25,40H,1-2H3. The van der Waals surface area contributed by atoms with Crippen LogP contribution in [0.15, 0.2) is 140 Å². The lowest BCUT2D eigenvalue weighted by molar-refractivity contribution is 0.666. The number of hydrogen-bond acceptors (Lipinski definition) is 1. The molecular weight excluding hydrogens is 496 g/mol. The van der Waals surface area contributed by atoms with Gasteiger partial charge in [0.1, 0.15) is 0 Å². The molecule has 0 amide bonds. The molecule has 41 heavy (non-hydrogen) atoms. The largest absolute Gasteiger partial charge is 0.356 e. The van der Waals surface area contributed by atoms with Crippen molar-refractivity contribution in [1.29, 1.82) is 0 Å². The lowest BCUT2D eigenvalue weighted by Gasteiger charge is -2.21. The van der Waals surface area contributed by atoms with Gasteiger partial charge in [-0.15, -0.1) is 0 Å². The number of nitrogens with zero attached hydrogens (tertiary/aromatic N) is 1. The van der Waals surface area contributed by atoms with E-state index in [-0.39, 0.29) is 5.41 Å². The summed E-state index contributed by atoms with van der Waals surface area (Å²) in [6, 6.07) is 50.4. The summed E-state index contributed by atoms with van der Waals surface area (Å²) in [5, 5.41) is 7.34. The highest BCUT2D eigenvalue weighted by atomic mass is 15.0. The second kappa shape index (κ2) is 8.97. The van der Waals surface area contributed by atoms with Gasteiger partial charge in [0.05, 0.1) is 11.2 Å². The first kappa shape index (κ1) is 23.8. The molecule has 0 saturated carbocycles. The third-order valence-electron chi connectivity index (χ3n) is 8.72. The summed E-state index contributed by atoms with van der Waals surface area (Å²) in [4.78, 5) is 0. The molecule has 0 fully saturated rings. The van der Waals surface area contributed by atoms with Crippen LogP contribution in [0.4, 0.5) is 11.4 Å². The number of fused-ring (bicyclic) bond motifs is 6. The molecule has 1 aliphatic rings. The number of aromatic nitrogens is 1. The van der Waals surface area contributed by atoms with E-state index >= 15 is 0 Å². The third kappa shape index (κ3) is 3.72. The molecule has 0 aliphatic heterocycles. The molecule has 1 heterocycles. The summed E-state index contributed by atoms with van der Waals surface area (Å²) in [6.07, 6.45) is 0. The average molecular weight is 527 g/mol. The fraction of sp³-hybridized carbons (Fsp3) is 0.0769. The number of rotatable bonds is 4. The summed E-state index contributed by atoms with van der Waals surface area (Å²) in [5.74, 6) is 0. The van der Waals surface area contributed by atoms with Crippen molar-refractivity contribution in [2.75, 3.05) is 5.32 Å². The van der Waals surface area contributed by atoms with Crippen LogP contribution < -0.4 is 5.32 Å². The van der Waals surface area contributed by atoms with E-state index in [1.165, 1.54) is 60.9 Å². The third-order valence-corrected chi connectivity index (χ3v) is 8.72. The first-order valence-electron chi connectivity index (χ1n) is 14.3. The zero-order valence-electron chi connectivity index (χ0n) is 23.2. The van der Waals surface area contributed by atoms with E-state index in [9.17, 15) is 0 Å². The van der Waals surface area contributed by atoms with E-state index in [0.717, 1.165) is 11.4 Å². The van der Waals surface area contributed by atoms with E-state index in [2.05, 4.69) is 145 Å². The Kier molecular flexibility index (Phi) is 5.20. The topological polar surface area (TPSA) is 17.0 Å². The maximum absolute atomic E-state index is 3.50. The second-order valence-corrected chi connectivity index (χ2v) is 11.6. The number of benzene rings is 6. The monoisotopic (exact) mass is 526 g/mol. The zero-order valence-corrected chi connectivity index (χ0v) is 23.2. The Labute approximate surface area is 240 Å². The lowest BCUT2D eigenvalue weighted by Crippen LogP contribution is -2.14. The predicted molar refractivity (Wildman–Crippen MR) is 174 cm³/mol. The van der Waals surface area contributed by atoms with Gasteiger partial charge in [-0.3, -0.25) is 0 Å². The number of anilines is 2. The van der Waals surface area contributed by atoms with Crippen molar-refractivity contribution >= 4 is 33.1 Å². The maximum Gasteiger partial charge on any atom is 0.0585 e. The Morgan fingerprint density at radius 1 is 0.561 bits per heavy atom. The van der Waals surface area contributed by atoms with Crippen molar-refractivity contribution in [2.24, 2.45) is 0 Å². The molecule has 7 aromatic rings. The Morgan fingerprint density at radius 3 is 2.07 bits per heavy atom. The van der Waals surface area contributed by atoms with Crippen LogP contribution in [0.3, 0.4) is 0 Å². The van der Waals surface area contributed by atoms with Gasteiger partial charge in [0, 0.05) is 33.4 Å². The van der Waals surface area contributed by atoms with Crippen LogP contribution in [0, 0.1) is 0 Å². The Morgan fingerprint density at radius 2 is 1.24 bits per heavy atom. The van der Waals surface area contributed by atoms with Crippen molar-refractivity contribution in [1.82, 2.24) is 4.57 Å². The molecule has 6 aromatic carbocycles. The molecule has 2 nitrogen and oxygen atoms in total. The van der Waals surface area contributed by atoms with Gasteiger partial charge in [-0.25, -0.2) is 0 Å². The summed E-state index contributed by atoms with van der Waals surface area (Å²) >= 11 is 0. The molecule has 196 valence electrons. The van der Waals surface area contributed by atoms with Crippen LogP contribution in [-0.2, 0) is 5.41 Å². The average Bonchev–Trinajstić information content (AvgIpc) is 3.48. The van der Waals surface area contributed by atoms with E-state index < -0.39 is 0 Å². The fourth-order valence-corrected chi connectivity index (χ4v) is 6.75. The van der Waals surface area contributed by atoms with Crippen molar-refractivity contribution in [3.63, 3.8) is 0 Å². The Hall–Kier alpha value is -5.08. The fourth-order valence-electron chi connectivity index (χ4n) is 6.75. The van der Waals surface area contributed by atoms with Gasteiger partial charge in [0.2, 0.25) is 0 Å². The maximum atomic E-state index is 3.50. The van der Waals surface area contributed by atoms with Crippen LogP contribution in [0.2, 0.25) is 0 Å². The molecule has 0 saturated heterocycles. The van der Waals surface area contributed by atoms with Crippen LogP contribution in [-0.4, -0.2) is 4.57 Å². The quantitative estimate of drug-likeness (QED) is 0.241. The van der Waals surface area contributed by atoms with Gasteiger partial charge in [0.25, 0.3) is 0 Å². The number of nitrogens with one attached hydrogen (secondary N) is 1. The smallest absolute Gasteiger partial charge is 0.0585 e. The minimum absolute atomic E-state index is 0.103. The highest BCUT2D eigenvalue weighted by molar-refractivity contribution is 6.00. The van der Waals surface area contributed by atoms with Gasteiger partial charge >= 0.3 is 0 Å². The molecule has 1 aromatic heterocycles. The number of hydrogen-bond donors (Lipinski definition) is 1. The lowest BCUT2D eigenvalue weighted by atomic mass is 9.81. The summed E-state index contributed by atoms with van der Waals surface area (Å²) in [7, 11) is 0. The van der Waals surface area contributed by atoms with Crippen molar-refractivity contribution in [3.8, 4) is 28.1 Å². The molecule has 0 bridgehead atoms. The molecule has 8 rings (SSSR count). The molecule has 0 atom stereocenters. The molecule has 2 heteroatoms. The van der Waals surface area contributed by atoms with Gasteiger partial charge in [-0.05, 0) is 81.6 Å². The van der Waals surface area contributed by atoms with Gasteiger partial charge < -0.3 is 9.88 Å². The van der Waals surface area contributed by atoms with Crippen LogP contribution in [0.5, 0.6) is 0 Å². The highest BCUT2D eigenvalue weighted by Crippen LogP contribution is 2.54. The molecule has 0 unspecified atom stereocenters. The van der Waals surface area contributed by atoms with Crippen LogP contribution in [0.25, 0.3) is 49.7 Å². The molecular formula is C39H30N2. The molecule has 1 aliphatic carbocycles. The van der Waals surface area contributed by atoms with Crippen LogP contribution in [0.1, 0.15) is 25.0 Å². The minimum Gasteiger partial charge on any atom is -0.356 e. The van der Waals surface area contributed by atoms with Gasteiger partial charge in [-0.1, -0.05) is 105 Å². The SMILES string of the molecule is CC1(C)c2ccc(-c3ccc(Nc4ccccc4)cc3)cc2-c2c1c1ccccc1n2-c1ccc2ccccc2c1. The van der Waals surface area contributed by atoms with E-state index in [4.69, 9.17) is 0 Å². The van der Waals surface area contributed by atoms with Gasteiger partial charge in [-0.2, -0.15) is 0 Å². The Balaban J connectivity index is 1.29. The molecule has 0 radical (unpaired) electrons.